The van der Waals surface area contributed by atoms with E-state index in [1.165, 1.54) is 24.4 Å². The minimum atomic E-state index is -1.61. The number of halogens is 1. The van der Waals surface area contributed by atoms with Crippen LogP contribution in [-0.2, 0) is 5.60 Å². The second-order valence-electron chi connectivity index (χ2n) is 6.54. The van der Waals surface area contributed by atoms with Gasteiger partial charge in [0.05, 0.1) is 6.61 Å². The lowest BCUT2D eigenvalue weighted by Gasteiger charge is -2.31. The summed E-state index contributed by atoms with van der Waals surface area (Å²) in [6, 6.07) is 8.85. The standard InChI is InChI=1S/C17H18FNO3/c1-16(2)10-17(20,15-5-3-4-8-19(15)21)13-9-12(18)6-7-14(13)22-11-16/h3-9,20H,10-11H2,1-2H3. The molecule has 0 radical (unpaired) electrons. The molecule has 3 rings (SSSR count). The molecule has 0 aliphatic carbocycles. The number of nitrogens with zero attached hydrogens (tertiary/aromatic N) is 1. The Bertz CT molecular complexity index is 717. The second kappa shape index (κ2) is 4.95. The largest absolute Gasteiger partial charge is 0.618 e. The highest BCUT2D eigenvalue weighted by Gasteiger charge is 2.47. The summed E-state index contributed by atoms with van der Waals surface area (Å²) in [6.07, 6.45) is 1.58. The van der Waals surface area contributed by atoms with Gasteiger partial charge < -0.3 is 15.1 Å². The van der Waals surface area contributed by atoms with Crippen LogP contribution in [0.1, 0.15) is 31.5 Å². The van der Waals surface area contributed by atoms with Crippen molar-refractivity contribution < 1.29 is 19.0 Å². The highest BCUT2D eigenvalue weighted by atomic mass is 19.1. The molecule has 1 unspecified atom stereocenters. The Morgan fingerprint density at radius 2 is 2.05 bits per heavy atom. The number of pyridine rings is 1. The van der Waals surface area contributed by atoms with Crippen LogP contribution in [0, 0.1) is 16.4 Å². The van der Waals surface area contributed by atoms with Gasteiger partial charge in [0, 0.05) is 23.1 Å². The van der Waals surface area contributed by atoms with E-state index < -0.39 is 11.4 Å². The first-order chi connectivity index (χ1) is 10.3. The number of fused-ring (bicyclic) bond motifs is 1. The van der Waals surface area contributed by atoms with E-state index in [4.69, 9.17) is 4.74 Å². The minimum Gasteiger partial charge on any atom is -0.618 e. The maximum Gasteiger partial charge on any atom is 0.229 e. The van der Waals surface area contributed by atoms with Gasteiger partial charge in [-0.05, 0) is 30.7 Å². The van der Waals surface area contributed by atoms with E-state index in [0.717, 1.165) is 0 Å². The summed E-state index contributed by atoms with van der Waals surface area (Å²) in [5.74, 6) is -0.0767. The van der Waals surface area contributed by atoms with Crippen molar-refractivity contribution >= 4 is 0 Å². The van der Waals surface area contributed by atoms with Gasteiger partial charge in [0.2, 0.25) is 5.69 Å². The molecule has 0 saturated carbocycles. The highest BCUT2D eigenvalue weighted by molar-refractivity contribution is 5.43. The smallest absolute Gasteiger partial charge is 0.229 e. The average molecular weight is 303 g/mol. The van der Waals surface area contributed by atoms with Crippen molar-refractivity contribution in [3.63, 3.8) is 0 Å². The third kappa shape index (κ3) is 2.41. The molecule has 0 saturated heterocycles. The zero-order valence-electron chi connectivity index (χ0n) is 12.5. The lowest BCUT2D eigenvalue weighted by Crippen LogP contribution is -2.44. The van der Waals surface area contributed by atoms with E-state index >= 15 is 0 Å². The minimum absolute atomic E-state index is 0.167. The second-order valence-corrected chi connectivity index (χ2v) is 6.54. The van der Waals surface area contributed by atoms with Gasteiger partial charge >= 0.3 is 0 Å². The molecule has 2 heterocycles. The quantitative estimate of drug-likeness (QED) is 0.650. The molecular formula is C17H18FNO3. The Labute approximate surface area is 128 Å². The first-order valence-corrected chi connectivity index (χ1v) is 7.16. The third-order valence-corrected chi connectivity index (χ3v) is 3.99. The van der Waals surface area contributed by atoms with E-state index in [0.29, 0.717) is 17.1 Å². The van der Waals surface area contributed by atoms with E-state index in [1.54, 1.807) is 18.2 Å². The SMILES string of the molecule is CC1(C)COc2ccc(F)cc2C(O)(c2cccc[n+]2[O-])C1. The number of aliphatic hydroxyl groups is 1. The van der Waals surface area contributed by atoms with Crippen LogP contribution in [0.15, 0.2) is 42.6 Å². The van der Waals surface area contributed by atoms with Gasteiger partial charge in [-0.2, -0.15) is 4.73 Å². The lowest BCUT2D eigenvalue weighted by atomic mass is 9.76. The van der Waals surface area contributed by atoms with Gasteiger partial charge in [-0.3, -0.25) is 0 Å². The van der Waals surface area contributed by atoms with Crippen molar-refractivity contribution in [2.75, 3.05) is 6.61 Å². The van der Waals surface area contributed by atoms with Crippen LogP contribution in [0.5, 0.6) is 5.75 Å². The Morgan fingerprint density at radius 1 is 1.27 bits per heavy atom. The molecule has 5 heteroatoms. The summed E-state index contributed by atoms with van der Waals surface area (Å²) in [5.41, 5.74) is -1.54. The summed E-state index contributed by atoms with van der Waals surface area (Å²) in [7, 11) is 0. The molecule has 1 aliphatic heterocycles. The van der Waals surface area contributed by atoms with Crippen molar-refractivity contribution in [2.24, 2.45) is 5.41 Å². The van der Waals surface area contributed by atoms with E-state index in [9.17, 15) is 14.7 Å². The predicted octanol–water partition coefficient (Wildman–Crippen LogP) is 2.50. The van der Waals surface area contributed by atoms with Crippen LogP contribution in [0.25, 0.3) is 0 Å². The summed E-state index contributed by atoms with van der Waals surface area (Å²) in [6.45, 7) is 4.26. The average Bonchev–Trinajstić information content (AvgIpc) is 2.55. The van der Waals surface area contributed by atoms with Crippen molar-refractivity contribution in [1.29, 1.82) is 0 Å². The van der Waals surface area contributed by atoms with Crippen molar-refractivity contribution in [3.05, 3.63) is 64.9 Å². The molecule has 1 aromatic carbocycles. The molecule has 1 aromatic heterocycles. The number of benzene rings is 1. The Kier molecular flexibility index (Phi) is 3.33. The normalized spacial score (nSPS) is 23.3. The van der Waals surface area contributed by atoms with E-state index in [2.05, 4.69) is 0 Å². The predicted molar refractivity (Wildman–Crippen MR) is 78.7 cm³/mol. The highest BCUT2D eigenvalue weighted by Crippen LogP contribution is 2.45. The van der Waals surface area contributed by atoms with Crippen LogP contribution in [0.4, 0.5) is 4.39 Å². The molecule has 4 nitrogen and oxygen atoms in total. The lowest BCUT2D eigenvalue weighted by molar-refractivity contribution is -0.622. The number of ether oxygens (including phenoxy) is 1. The van der Waals surface area contributed by atoms with Crippen LogP contribution < -0.4 is 9.47 Å². The van der Waals surface area contributed by atoms with Gasteiger partial charge in [-0.25, -0.2) is 4.39 Å². The van der Waals surface area contributed by atoms with Gasteiger partial charge in [0.15, 0.2) is 11.8 Å². The molecule has 116 valence electrons. The molecule has 22 heavy (non-hydrogen) atoms. The fourth-order valence-corrected chi connectivity index (χ4v) is 3.04. The van der Waals surface area contributed by atoms with Gasteiger partial charge in [-0.15, -0.1) is 0 Å². The molecule has 0 amide bonds. The number of rotatable bonds is 1. The first-order valence-electron chi connectivity index (χ1n) is 7.16. The van der Waals surface area contributed by atoms with Crippen LogP contribution in [0.3, 0.4) is 0 Å². The molecule has 0 bridgehead atoms. The Morgan fingerprint density at radius 3 is 2.77 bits per heavy atom. The number of hydrogen-bond donors (Lipinski definition) is 1. The van der Waals surface area contributed by atoms with Crippen molar-refractivity contribution in [1.82, 2.24) is 0 Å². The van der Waals surface area contributed by atoms with Gasteiger partial charge in [0.25, 0.3) is 0 Å². The molecule has 0 fully saturated rings. The molecule has 2 aromatic rings. The Balaban J connectivity index is 2.27. The Hall–Kier alpha value is -2.14. The van der Waals surface area contributed by atoms with Crippen LogP contribution >= 0.6 is 0 Å². The van der Waals surface area contributed by atoms with E-state index in [-0.39, 0.29) is 23.1 Å². The van der Waals surface area contributed by atoms with E-state index in [1.807, 2.05) is 13.8 Å². The molecule has 1 atom stereocenters. The number of aromatic nitrogens is 1. The maximum absolute atomic E-state index is 13.7. The molecule has 1 N–H and O–H groups in total. The zero-order chi connectivity index (χ0) is 16.0. The van der Waals surface area contributed by atoms with Gasteiger partial charge in [0.1, 0.15) is 11.6 Å². The summed E-state index contributed by atoms with van der Waals surface area (Å²) < 4.78 is 20.1. The topological polar surface area (TPSA) is 56.4 Å². The molecule has 0 spiro atoms. The fourth-order valence-electron chi connectivity index (χ4n) is 3.04. The summed E-state index contributed by atoms with van der Waals surface area (Å²) in [5, 5.41) is 23.5. The van der Waals surface area contributed by atoms with Crippen molar-refractivity contribution in [3.8, 4) is 5.75 Å². The van der Waals surface area contributed by atoms with Crippen LogP contribution in [0.2, 0.25) is 0 Å². The van der Waals surface area contributed by atoms with Crippen LogP contribution in [-0.4, -0.2) is 11.7 Å². The molecule has 1 aliphatic rings. The third-order valence-electron chi connectivity index (χ3n) is 3.99. The summed E-state index contributed by atoms with van der Waals surface area (Å²) in [4.78, 5) is 0. The maximum atomic E-state index is 13.7. The molecular weight excluding hydrogens is 285 g/mol. The monoisotopic (exact) mass is 303 g/mol. The fraction of sp³-hybridized carbons (Fsp3) is 0.353. The summed E-state index contributed by atoms with van der Waals surface area (Å²) >= 11 is 0. The zero-order valence-corrected chi connectivity index (χ0v) is 12.5. The van der Waals surface area contributed by atoms with Gasteiger partial charge in [-0.1, -0.05) is 13.8 Å². The number of hydrogen-bond acceptors (Lipinski definition) is 3. The first kappa shape index (κ1) is 14.8. The van der Waals surface area contributed by atoms with Crippen molar-refractivity contribution in [2.45, 2.75) is 25.9 Å².